The molecule has 3 aromatic rings. The van der Waals surface area contributed by atoms with Gasteiger partial charge in [-0.15, -0.1) is 0 Å². The second kappa shape index (κ2) is 4.14. The van der Waals surface area contributed by atoms with E-state index in [4.69, 9.17) is 0 Å². The number of aryl methyl sites for hydroxylation is 1. The lowest BCUT2D eigenvalue weighted by Gasteiger charge is -2.02. The van der Waals surface area contributed by atoms with Crippen molar-refractivity contribution in [1.82, 2.24) is 14.7 Å². The minimum Gasteiger partial charge on any atom is -0.427 e. The summed E-state index contributed by atoms with van der Waals surface area (Å²) in [5.41, 5.74) is 3.67. The first-order valence-electron chi connectivity index (χ1n) is 5.90. The molecule has 4 nitrogen and oxygen atoms in total. The number of imidazole rings is 1. The highest BCUT2D eigenvalue weighted by Crippen LogP contribution is 2.24. The zero-order chi connectivity index (χ0) is 12.5. The molecular formula is C14H13N3O. The van der Waals surface area contributed by atoms with E-state index >= 15 is 0 Å². The highest BCUT2D eigenvalue weighted by molar-refractivity contribution is 5.82. The second-order valence-electron chi connectivity index (χ2n) is 4.13. The van der Waals surface area contributed by atoms with E-state index in [1.807, 2.05) is 37.3 Å². The van der Waals surface area contributed by atoms with Crippen LogP contribution in [0.25, 0.3) is 22.2 Å². The van der Waals surface area contributed by atoms with E-state index in [1.165, 1.54) is 4.73 Å². The SMILES string of the molecule is CCc1nc2ccc(-c3ccncc3)cc2n1O. The van der Waals surface area contributed by atoms with Gasteiger partial charge in [-0.1, -0.05) is 13.0 Å². The van der Waals surface area contributed by atoms with Gasteiger partial charge in [-0.05, 0) is 35.4 Å². The summed E-state index contributed by atoms with van der Waals surface area (Å²) in [7, 11) is 0. The van der Waals surface area contributed by atoms with E-state index in [0.717, 1.165) is 22.2 Å². The second-order valence-corrected chi connectivity index (χ2v) is 4.13. The molecule has 2 heterocycles. The summed E-state index contributed by atoms with van der Waals surface area (Å²) in [5.74, 6) is 0.678. The summed E-state index contributed by atoms with van der Waals surface area (Å²) in [6.07, 6.45) is 4.22. The van der Waals surface area contributed by atoms with Gasteiger partial charge in [0.2, 0.25) is 0 Å². The lowest BCUT2D eigenvalue weighted by Crippen LogP contribution is -1.96. The lowest BCUT2D eigenvalue weighted by molar-refractivity contribution is 0.188. The molecule has 90 valence electrons. The Morgan fingerprint density at radius 2 is 1.89 bits per heavy atom. The number of hydrogen-bond acceptors (Lipinski definition) is 3. The van der Waals surface area contributed by atoms with Crippen LogP contribution < -0.4 is 0 Å². The van der Waals surface area contributed by atoms with Gasteiger partial charge in [0.1, 0.15) is 11.3 Å². The van der Waals surface area contributed by atoms with Crippen molar-refractivity contribution in [3.05, 3.63) is 48.5 Å². The molecule has 0 radical (unpaired) electrons. The molecule has 0 fully saturated rings. The molecule has 18 heavy (non-hydrogen) atoms. The molecule has 1 N–H and O–H groups in total. The quantitative estimate of drug-likeness (QED) is 0.699. The van der Waals surface area contributed by atoms with Gasteiger partial charge < -0.3 is 5.21 Å². The first-order valence-corrected chi connectivity index (χ1v) is 5.90. The molecule has 0 aliphatic heterocycles. The predicted molar refractivity (Wildman–Crippen MR) is 69.5 cm³/mol. The predicted octanol–water partition coefficient (Wildman–Crippen LogP) is 2.90. The summed E-state index contributed by atoms with van der Waals surface area (Å²) in [6, 6.07) is 9.76. The third-order valence-electron chi connectivity index (χ3n) is 3.03. The highest BCUT2D eigenvalue weighted by atomic mass is 16.5. The van der Waals surface area contributed by atoms with Gasteiger partial charge in [0.05, 0.1) is 5.52 Å². The van der Waals surface area contributed by atoms with Crippen LogP contribution in [0.4, 0.5) is 0 Å². The van der Waals surface area contributed by atoms with Crippen LogP contribution in [0, 0.1) is 0 Å². The van der Waals surface area contributed by atoms with E-state index in [-0.39, 0.29) is 0 Å². The summed E-state index contributed by atoms with van der Waals surface area (Å²) in [5, 5.41) is 10.0. The minimum atomic E-state index is 0.678. The molecule has 0 unspecified atom stereocenters. The van der Waals surface area contributed by atoms with Crippen LogP contribution in [0.15, 0.2) is 42.7 Å². The molecule has 0 aliphatic rings. The third kappa shape index (κ3) is 1.62. The summed E-state index contributed by atoms with van der Waals surface area (Å²) in [4.78, 5) is 8.37. The molecule has 0 atom stereocenters. The van der Waals surface area contributed by atoms with Gasteiger partial charge in [-0.2, -0.15) is 4.73 Å². The number of nitrogens with zero attached hydrogens (tertiary/aromatic N) is 3. The Morgan fingerprint density at radius 1 is 1.11 bits per heavy atom. The fourth-order valence-electron chi connectivity index (χ4n) is 2.07. The van der Waals surface area contributed by atoms with Gasteiger partial charge in [0.15, 0.2) is 0 Å². The van der Waals surface area contributed by atoms with Crippen LogP contribution in [0.3, 0.4) is 0 Å². The molecule has 0 aliphatic carbocycles. The maximum atomic E-state index is 10.0. The molecule has 0 amide bonds. The number of aromatic nitrogens is 3. The summed E-state index contributed by atoms with van der Waals surface area (Å²) >= 11 is 0. The topological polar surface area (TPSA) is 50.9 Å². The normalized spacial score (nSPS) is 10.9. The first kappa shape index (κ1) is 10.8. The highest BCUT2D eigenvalue weighted by Gasteiger charge is 2.09. The summed E-state index contributed by atoms with van der Waals surface area (Å²) in [6.45, 7) is 1.97. The van der Waals surface area contributed by atoms with E-state index in [9.17, 15) is 5.21 Å². The van der Waals surface area contributed by atoms with Crippen molar-refractivity contribution in [3.63, 3.8) is 0 Å². The number of pyridine rings is 1. The number of rotatable bonds is 2. The van der Waals surface area contributed by atoms with Gasteiger partial charge in [0, 0.05) is 18.8 Å². The molecule has 0 bridgehead atoms. The van der Waals surface area contributed by atoms with Crippen molar-refractivity contribution in [2.24, 2.45) is 0 Å². The van der Waals surface area contributed by atoms with Crippen LogP contribution >= 0.6 is 0 Å². The van der Waals surface area contributed by atoms with Gasteiger partial charge >= 0.3 is 0 Å². The van der Waals surface area contributed by atoms with Crippen LogP contribution in [-0.2, 0) is 6.42 Å². The monoisotopic (exact) mass is 239 g/mol. The Labute approximate surface area is 105 Å². The zero-order valence-corrected chi connectivity index (χ0v) is 10.0. The van der Waals surface area contributed by atoms with Crippen molar-refractivity contribution in [3.8, 4) is 11.1 Å². The molecule has 1 aromatic carbocycles. The van der Waals surface area contributed by atoms with E-state index < -0.39 is 0 Å². The Balaban J connectivity index is 2.19. The molecule has 0 saturated heterocycles. The molecular weight excluding hydrogens is 226 g/mol. The first-order chi connectivity index (χ1) is 8.79. The number of hydrogen-bond donors (Lipinski definition) is 1. The average molecular weight is 239 g/mol. The maximum Gasteiger partial charge on any atom is 0.145 e. The Morgan fingerprint density at radius 3 is 2.61 bits per heavy atom. The Hall–Kier alpha value is -2.36. The number of benzene rings is 1. The van der Waals surface area contributed by atoms with E-state index in [1.54, 1.807) is 12.4 Å². The molecule has 4 heteroatoms. The molecule has 0 spiro atoms. The van der Waals surface area contributed by atoms with Crippen molar-refractivity contribution in [1.29, 1.82) is 0 Å². The molecule has 2 aromatic heterocycles. The van der Waals surface area contributed by atoms with Gasteiger partial charge in [-0.25, -0.2) is 4.98 Å². The van der Waals surface area contributed by atoms with Crippen LogP contribution in [0.1, 0.15) is 12.7 Å². The van der Waals surface area contributed by atoms with Crippen molar-refractivity contribution in [2.75, 3.05) is 0 Å². The minimum absolute atomic E-state index is 0.678. The van der Waals surface area contributed by atoms with Crippen LogP contribution in [0.5, 0.6) is 0 Å². The zero-order valence-electron chi connectivity index (χ0n) is 10.0. The maximum absolute atomic E-state index is 10.0. The Kier molecular flexibility index (Phi) is 2.48. The van der Waals surface area contributed by atoms with Crippen molar-refractivity contribution < 1.29 is 5.21 Å². The largest absolute Gasteiger partial charge is 0.427 e. The smallest absolute Gasteiger partial charge is 0.145 e. The number of fused-ring (bicyclic) bond motifs is 1. The van der Waals surface area contributed by atoms with Crippen LogP contribution in [-0.4, -0.2) is 19.9 Å². The fourth-order valence-corrected chi connectivity index (χ4v) is 2.07. The van der Waals surface area contributed by atoms with Gasteiger partial charge in [-0.3, -0.25) is 4.98 Å². The third-order valence-corrected chi connectivity index (χ3v) is 3.03. The van der Waals surface area contributed by atoms with Crippen LogP contribution in [0.2, 0.25) is 0 Å². The van der Waals surface area contributed by atoms with Crippen molar-refractivity contribution >= 4 is 11.0 Å². The lowest BCUT2D eigenvalue weighted by atomic mass is 10.1. The average Bonchev–Trinajstić information content (AvgIpc) is 2.76. The molecule has 3 rings (SSSR count). The van der Waals surface area contributed by atoms with E-state index in [2.05, 4.69) is 9.97 Å². The Bertz CT molecular complexity index is 689. The van der Waals surface area contributed by atoms with Gasteiger partial charge in [0.25, 0.3) is 0 Å². The van der Waals surface area contributed by atoms with E-state index in [0.29, 0.717) is 12.2 Å². The summed E-state index contributed by atoms with van der Waals surface area (Å²) < 4.78 is 1.17. The molecule has 0 saturated carbocycles. The fraction of sp³-hybridized carbons (Fsp3) is 0.143. The standard InChI is InChI=1S/C14H13N3O/c1-2-14-16-12-4-3-11(9-13(12)17(14)18)10-5-7-15-8-6-10/h3-9,18H,2H2,1H3. The van der Waals surface area contributed by atoms with Crippen molar-refractivity contribution in [2.45, 2.75) is 13.3 Å².